The van der Waals surface area contributed by atoms with Crippen LogP contribution >= 0.6 is 0 Å². The van der Waals surface area contributed by atoms with Crippen molar-refractivity contribution < 1.29 is 0 Å². The van der Waals surface area contributed by atoms with Gasteiger partial charge in [-0.2, -0.15) is 0 Å². The van der Waals surface area contributed by atoms with Crippen molar-refractivity contribution in [2.75, 3.05) is 0 Å². The number of benzene rings is 2. The zero-order valence-corrected chi connectivity index (χ0v) is 13.5. The van der Waals surface area contributed by atoms with Crippen molar-refractivity contribution in [3.05, 3.63) is 72.6 Å². The molecule has 25 heavy (non-hydrogen) atoms. The Bertz CT molecular complexity index is 1200. The van der Waals surface area contributed by atoms with Gasteiger partial charge in [0, 0.05) is 6.20 Å². The average Bonchev–Trinajstić information content (AvgIpc) is 3.23. The molecule has 120 valence electrons. The number of hydrogen-bond acceptors (Lipinski definition) is 4. The van der Waals surface area contributed by atoms with Crippen LogP contribution in [-0.4, -0.2) is 29.4 Å². The molecule has 6 heteroatoms. The molecule has 0 aliphatic heterocycles. The molecule has 0 aliphatic rings. The van der Waals surface area contributed by atoms with E-state index in [0.29, 0.717) is 5.78 Å². The molecule has 0 spiro atoms. The molecule has 6 nitrogen and oxygen atoms in total. The van der Waals surface area contributed by atoms with E-state index in [-0.39, 0.29) is 0 Å². The Hall–Kier alpha value is -3.54. The Morgan fingerprint density at radius 2 is 1.68 bits per heavy atom. The number of fused-ring (bicyclic) bond motifs is 3. The van der Waals surface area contributed by atoms with Crippen LogP contribution in [0.3, 0.4) is 0 Å². The number of aromatic nitrogens is 6. The summed E-state index contributed by atoms with van der Waals surface area (Å²) in [7, 11) is 0. The summed E-state index contributed by atoms with van der Waals surface area (Å²) in [6.45, 7) is 2.02. The van der Waals surface area contributed by atoms with Crippen LogP contribution in [0.25, 0.3) is 33.9 Å². The summed E-state index contributed by atoms with van der Waals surface area (Å²) in [5.74, 6) is 0.660. The summed E-state index contributed by atoms with van der Waals surface area (Å²) in [4.78, 5) is 8.99. The normalized spacial score (nSPS) is 11.4. The van der Waals surface area contributed by atoms with Crippen LogP contribution in [0.15, 0.2) is 66.9 Å². The van der Waals surface area contributed by atoms with E-state index >= 15 is 0 Å². The van der Waals surface area contributed by atoms with Crippen molar-refractivity contribution in [1.82, 2.24) is 29.4 Å². The van der Waals surface area contributed by atoms with Crippen molar-refractivity contribution in [3.63, 3.8) is 0 Å². The summed E-state index contributed by atoms with van der Waals surface area (Å²) >= 11 is 0. The van der Waals surface area contributed by atoms with Gasteiger partial charge in [0.15, 0.2) is 0 Å². The molecule has 3 heterocycles. The average molecular weight is 326 g/mol. The van der Waals surface area contributed by atoms with E-state index in [1.54, 1.807) is 6.20 Å². The van der Waals surface area contributed by atoms with E-state index in [1.807, 2.05) is 76.7 Å². The topological polar surface area (TPSA) is 60.9 Å². The maximum atomic E-state index is 4.59. The molecule has 2 aromatic carbocycles. The molecule has 0 atom stereocenters. The molecular formula is C19H14N6. The van der Waals surface area contributed by atoms with Crippen LogP contribution in [0.4, 0.5) is 0 Å². The first-order valence-corrected chi connectivity index (χ1v) is 8.03. The van der Waals surface area contributed by atoms with Crippen LogP contribution in [0.5, 0.6) is 0 Å². The van der Waals surface area contributed by atoms with Gasteiger partial charge in [0.1, 0.15) is 5.69 Å². The summed E-state index contributed by atoms with van der Waals surface area (Å²) in [6.07, 6.45) is 1.76. The zero-order chi connectivity index (χ0) is 16.8. The maximum absolute atomic E-state index is 4.59. The van der Waals surface area contributed by atoms with Crippen molar-refractivity contribution >= 4 is 16.8 Å². The van der Waals surface area contributed by atoms with E-state index in [4.69, 9.17) is 0 Å². The van der Waals surface area contributed by atoms with Crippen LogP contribution in [0, 0.1) is 6.92 Å². The molecule has 0 fully saturated rings. The number of rotatable bonds is 2. The van der Waals surface area contributed by atoms with Gasteiger partial charge in [0.2, 0.25) is 5.78 Å². The highest BCUT2D eigenvalue weighted by Gasteiger charge is 2.17. The number of hydrogen-bond donors (Lipinski definition) is 0. The van der Waals surface area contributed by atoms with Gasteiger partial charge in [0.05, 0.1) is 28.1 Å². The maximum Gasteiger partial charge on any atom is 0.235 e. The van der Waals surface area contributed by atoms with Crippen LogP contribution in [0.1, 0.15) is 5.69 Å². The molecule has 0 radical (unpaired) electrons. The van der Waals surface area contributed by atoms with Crippen molar-refractivity contribution in [2.24, 2.45) is 0 Å². The molecule has 0 aliphatic carbocycles. The molecule has 3 aromatic heterocycles. The molecule has 5 rings (SSSR count). The molecule has 0 bridgehead atoms. The third kappa shape index (κ3) is 2.04. The third-order valence-corrected chi connectivity index (χ3v) is 4.34. The lowest BCUT2D eigenvalue weighted by molar-refractivity contribution is 0.785. The van der Waals surface area contributed by atoms with Gasteiger partial charge in [-0.15, -0.1) is 5.10 Å². The van der Waals surface area contributed by atoms with Crippen LogP contribution < -0.4 is 0 Å². The van der Waals surface area contributed by atoms with Crippen LogP contribution in [-0.2, 0) is 0 Å². The van der Waals surface area contributed by atoms with E-state index in [0.717, 1.165) is 33.8 Å². The predicted molar refractivity (Wildman–Crippen MR) is 95.6 cm³/mol. The smallest absolute Gasteiger partial charge is 0.235 e. The first kappa shape index (κ1) is 13.9. The fourth-order valence-corrected chi connectivity index (χ4v) is 3.15. The highest BCUT2D eigenvalue weighted by Crippen LogP contribution is 2.26. The standard InChI is InChI=1S/C19H14N6/c1-13-18(22-23-25(13)14-7-3-2-4-8-14)17-11-12-20-19-21-15-9-5-6-10-16(15)24(17)19/h2-12H,1H3. The number of para-hydroxylation sites is 3. The summed E-state index contributed by atoms with van der Waals surface area (Å²) in [6, 6.07) is 20.0. The van der Waals surface area contributed by atoms with Gasteiger partial charge in [-0.05, 0) is 37.3 Å². The SMILES string of the molecule is Cc1c(-c2ccnc3nc4ccccc4n23)nnn1-c1ccccc1. The van der Waals surface area contributed by atoms with Crippen molar-refractivity contribution in [1.29, 1.82) is 0 Å². The lowest BCUT2D eigenvalue weighted by Gasteiger charge is -2.05. The molecule has 5 aromatic rings. The number of nitrogens with zero attached hydrogens (tertiary/aromatic N) is 6. The molecule has 0 saturated carbocycles. The molecular weight excluding hydrogens is 312 g/mol. The highest BCUT2D eigenvalue weighted by atomic mass is 15.4. The first-order valence-electron chi connectivity index (χ1n) is 8.03. The second kappa shape index (κ2) is 5.24. The third-order valence-electron chi connectivity index (χ3n) is 4.34. The number of imidazole rings is 1. The highest BCUT2D eigenvalue weighted by molar-refractivity contribution is 5.82. The monoisotopic (exact) mass is 326 g/mol. The molecule has 0 N–H and O–H groups in total. The first-order chi connectivity index (χ1) is 12.3. The molecule has 0 amide bonds. The van der Waals surface area contributed by atoms with Gasteiger partial charge in [0.25, 0.3) is 0 Å². The van der Waals surface area contributed by atoms with Gasteiger partial charge >= 0.3 is 0 Å². The quantitative estimate of drug-likeness (QED) is 0.498. The van der Waals surface area contributed by atoms with Crippen LogP contribution in [0.2, 0.25) is 0 Å². The minimum Gasteiger partial charge on any atom is -0.275 e. The summed E-state index contributed by atoms with van der Waals surface area (Å²) < 4.78 is 3.88. The Balaban J connectivity index is 1.79. The Labute approximate surface area is 143 Å². The Kier molecular flexibility index (Phi) is 2.90. The fraction of sp³-hybridized carbons (Fsp3) is 0.0526. The summed E-state index contributed by atoms with van der Waals surface area (Å²) in [5.41, 5.74) is 5.62. The fourth-order valence-electron chi connectivity index (χ4n) is 3.15. The van der Waals surface area contributed by atoms with Crippen molar-refractivity contribution in [2.45, 2.75) is 6.92 Å². The molecule has 0 saturated heterocycles. The van der Waals surface area contributed by atoms with Gasteiger partial charge in [-0.3, -0.25) is 4.40 Å². The van der Waals surface area contributed by atoms with E-state index in [9.17, 15) is 0 Å². The lowest BCUT2D eigenvalue weighted by Crippen LogP contribution is -1.99. The predicted octanol–water partition coefficient (Wildman–Crippen LogP) is 3.44. The largest absolute Gasteiger partial charge is 0.275 e. The molecule has 0 unspecified atom stereocenters. The van der Waals surface area contributed by atoms with E-state index < -0.39 is 0 Å². The minimum atomic E-state index is 0.660. The second-order valence-electron chi connectivity index (χ2n) is 5.84. The van der Waals surface area contributed by atoms with Crippen molar-refractivity contribution in [3.8, 4) is 17.1 Å². The summed E-state index contributed by atoms with van der Waals surface area (Å²) in [5, 5.41) is 8.78. The van der Waals surface area contributed by atoms with Gasteiger partial charge < -0.3 is 0 Å². The minimum absolute atomic E-state index is 0.660. The second-order valence-corrected chi connectivity index (χ2v) is 5.84. The Morgan fingerprint density at radius 1 is 0.880 bits per heavy atom. The lowest BCUT2D eigenvalue weighted by atomic mass is 10.2. The van der Waals surface area contributed by atoms with E-state index in [2.05, 4.69) is 20.3 Å². The Morgan fingerprint density at radius 3 is 2.56 bits per heavy atom. The van der Waals surface area contributed by atoms with E-state index in [1.165, 1.54) is 0 Å². The van der Waals surface area contributed by atoms with Gasteiger partial charge in [-0.25, -0.2) is 14.6 Å². The van der Waals surface area contributed by atoms with Gasteiger partial charge in [-0.1, -0.05) is 35.5 Å². The zero-order valence-electron chi connectivity index (χ0n) is 13.5.